The van der Waals surface area contributed by atoms with Crippen molar-refractivity contribution in [3.63, 3.8) is 0 Å². The minimum Gasteiger partial charge on any atom is -0.348 e. The van der Waals surface area contributed by atoms with E-state index in [0.29, 0.717) is 17.8 Å². The van der Waals surface area contributed by atoms with Crippen molar-refractivity contribution in [2.24, 2.45) is 0 Å². The molecule has 6 heteroatoms. The third kappa shape index (κ3) is 5.18. The summed E-state index contributed by atoms with van der Waals surface area (Å²) >= 11 is 0. The SMILES string of the molecule is O=C(CN1CCn2cccc2C1c1ccccc1)Nc1ccccc1C(=O)NCc1ccccc1. The highest BCUT2D eigenvalue weighted by Crippen LogP contribution is 2.32. The molecular weight excluding hydrogens is 436 g/mol. The molecule has 5 rings (SSSR count). The van der Waals surface area contributed by atoms with Crippen LogP contribution >= 0.6 is 0 Å². The number of para-hydroxylation sites is 1. The number of anilines is 1. The summed E-state index contributed by atoms with van der Waals surface area (Å²) in [6.45, 7) is 2.24. The van der Waals surface area contributed by atoms with Gasteiger partial charge in [0, 0.05) is 31.5 Å². The molecule has 2 heterocycles. The molecule has 0 aliphatic carbocycles. The lowest BCUT2D eigenvalue weighted by Crippen LogP contribution is -2.42. The lowest BCUT2D eigenvalue weighted by molar-refractivity contribution is -0.117. The number of hydrogen-bond acceptors (Lipinski definition) is 3. The Kier molecular flexibility index (Phi) is 6.73. The van der Waals surface area contributed by atoms with Crippen LogP contribution in [0.3, 0.4) is 0 Å². The summed E-state index contributed by atoms with van der Waals surface area (Å²) in [5, 5.41) is 5.92. The Balaban J connectivity index is 1.29. The summed E-state index contributed by atoms with van der Waals surface area (Å²) < 4.78 is 2.25. The van der Waals surface area contributed by atoms with Crippen molar-refractivity contribution >= 4 is 17.5 Å². The van der Waals surface area contributed by atoms with Crippen LogP contribution < -0.4 is 10.6 Å². The van der Waals surface area contributed by atoms with E-state index in [1.807, 2.05) is 54.6 Å². The molecule has 1 atom stereocenters. The van der Waals surface area contributed by atoms with E-state index >= 15 is 0 Å². The summed E-state index contributed by atoms with van der Waals surface area (Å²) in [4.78, 5) is 28.2. The van der Waals surface area contributed by atoms with Crippen molar-refractivity contribution in [3.05, 3.63) is 126 Å². The van der Waals surface area contributed by atoms with Crippen LogP contribution in [0.5, 0.6) is 0 Å². The van der Waals surface area contributed by atoms with Crippen LogP contribution in [0.2, 0.25) is 0 Å². The van der Waals surface area contributed by atoms with Crippen molar-refractivity contribution in [2.45, 2.75) is 19.1 Å². The molecule has 0 saturated carbocycles. The standard InChI is InChI=1S/C29H28N4O2/c34-27(21-33-19-18-32-17-9-16-26(32)28(33)23-12-5-2-6-13-23)31-25-15-8-7-14-24(25)29(35)30-20-22-10-3-1-4-11-22/h1-17,28H,18-21H2,(H,30,35)(H,31,34). The summed E-state index contributed by atoms with van der Waals surface area (Å²) in [7, 11) is 0. The summed E-state index contributed by atoms with van der Waals surface area (Å²) in [5.74, 6) is -0.364. The number of amides is 2. The number of hydrogen-bond donors (Lipinski definition) is 2. The van der Waals surface area contributed by atoms with Crippen molar-refractivity contribution in [1.82, 2.24) is 14.8 Å². The van der Waals surface area contributed by atoms with Crippen LogP contribution in [-0.4, -0.2) is 34.4 Å². The van der Waals surface area contributed by atoms with Crippen LogP contribution in [0.15, 0.2) is 103 Å². The number of fused-ring (bicyclic) bond motifs is 1. The largest absolute Gasteiger partial charge is 0.348 e. The van der Waals surface area contributed by atoms with Gasteiger partial charge in [0.1, 0.15) is 0 Å². The zero-order chi connectivity index (χ0) is 24.0. The second-order valence-corrected chi connectivity index (χ2v) is 8.67. The number of carbonyl (C=O) groups is 2. The minimum absolute atomic E-state index is 0.00452. The smallest absolute Gasteiger partial charge is 0.253 e. The predicted octanol–water partition coefficient (Wildman–Crippen LogP) is 4.46. The van der Waals surface area contributed by atoms with E-state index in [-0.39, 0.29) is 24.4 Å². The first kappa shape index (κ1) is 22.6. The fourth-order valence-corrected chi connectivity index (χ4v) is 4.66. The van der Waals surface area contributed by atoms with E-state index in [2.05, 4.69) is 50.6 Å². The third-order valence-electron chi connectivity index (χ3n) is 6.34. The minimum atomic E-state index is -0.220. The molecule has 4 aromatic rings. The number of aromatic nitrogens is 1. The quantitative estimate of drug-likeness (QED) is 0.424. The van der Waals surface area contributed by atoms with E-state index < -0.39 is 0 Å². The van der Waals surface area contributed by atoms with Crippen LogP contribution in [0.25, 0.3) is 0 Å². The Hall–Kier alpha value is -4.16. The number of nitrogens with zero attached hydrogens (tertiary/aromatic N) is 2. The van der Waals surface area contributed by atoms with Gasteiger partial charge in [-0.25, -0.2) is 0 Å². The second-order valence-electron chi connectivity index (χ2n) is 8.67. The summed E-state index contributed by atoms with van der Waals surface area (Å²) in [5.41, 5.74) is 4.31. The average Bonchev–Trinajstić information content (AvgIpc) is 3.37. The molecule has 1 unspecified atom stereocenters. The molecule has 0 radical (unpaired) electrons. The molecule has 1 aliphatic heterocycles. The number of carbonyl (C=O) groups excluding carboxylic acids is 2. The van der Waals surface area contributed by atoms with Gasteiger partial charge < -0.3 is 15.2 Å². The first-order valence-corrected chi connectivity index (χ1v) is 11.8. The maximum absolute atomic E-state index is 13.2. The van der Waals surface area contributed by atoms with Gasteiger partial charge >= 0.3 is 0 Å². The number of benzene rings is 3. The van der Waals surface area contributed by atoms with Crippen molar-refractivity contribution < 1.29 is 9.59 Å². The lowest BCUT2D eigenvalue weighted by Gasteiger charge is -2.36. The summed E-state index contributed by atoms with van der Waals surface area (Å²) in [6.07, 6.45) is 2.09. The lowest BCUT2D eigenvalue weighted by atomic mass is 10.00. The molecule has 1 aromatic heterocycles. The first-order valence-electron chi connectivity index (χ1n) is 11.8. The molecule has 2 amide bonds. The van der Waals surface area contributed by atoms with E-state index in [1.165, 1.54) is 5.69 Å². The Bertz CT molecular complexity index is 1300. The normalized spacial score (nSPS) is 15.3. The second kappa shape index (κ2) is 10.4. The fraction of sp³-hybridized carbons (Fsp3) is 0.172. The van der Waals surface area contributed by atoms with Gasteiger partial charge in [-0.15, -0.1) is 0 Å². The molecular formula is C29H28N4O2. The van der Waals surface area contributed by atoms with Gasteiger partial charge in [0.2, 0.25) is 5.91 Å². The molecule has 6 nitrogen and oxygen atoms in total. The fourth-order valence-electron chi connectivity index (χ4n) is 4.66. The van der Waals surface area contributed by atoms with Crippen LogP contribution in [-0.2, 0) is 17.9 Å². The van der Waals surface area contributed by atoms with Crippen molar-refractivity contribution in [3.8, 4) is 0 Å². The Morgan fingerprint density at radius 3 is 2.31 bits per heavy atom. The Morgan fingerprint density at radius 2 is 1.51 bits per heavy atom. The van der Waals surface area contributed by atoms with Gasteiger partial charge in [-0.3, -0.25) is 14.5 Å². The van der Waals surface area contributed by atoms with Gasteiger partial charge in [-0.05, 0) is 35.4 Å². The van der Waals surface area contributed by atoms with Gasteiger partial charge in [-0.2, -0.15) is 0 Å². The molecule has 1 aliphatic rings. The summed E-state index contributed by atoms with van der Waals surface area (Å²) in [6, 6.07) is 31.3. The predicted molar refractivity (Wildman–Crippen MR) is 137 cm³/mol. The maximum atomic E-state index is 13.2. The van der Waals surface area contributed by atoms with E-state index in [0.717, 1.165) is 24.2 Å². The molecule has 176 valence electrons. The number of nitrogens with one attached hydrogen (secondary N) is 2. The van der Waals surface area contributed by atoms with Gasteiger partial charge in [-0.1, -0.05) is 72.8 Å². The Labute approximate surface area is 205 Å². The highest BCUT2D eigenvalue weighted by atomic mass is 16.2. The topological polar surface area (TPSA) is 66.4 Å². The van der Waals surface area contributed by atoms with E-state index in [9.17, 15) is 9.59 Å². The van der Waals surface area contributed by atoms with Crippen molar-refractivity contribution in [1.29, 1.82) is 0 Å². The van der Waals surface area contributed by atoms with Crippen LogP contribution in [0, 0.1) is 0 Å². The third-order valence-corrected chi connectivity index (χ3v) is 6.34. The first-order chi connectivity index (χ1) is 17.2. The van der Waals surface area contributed by atoms with E-state index in [4.69, 9.17) is 0 Å². The molecule has 35 heavy (non-hydrogen) atoms. The molecule has 0 bridgehead atoms. The molecule has 0 spiro atoms. The molecule has 0 saturated heterocycles. The van der Waals surface area contributed by atoms with Crippen LogP contribution in [0.4, 0.5) is 5.69 Å². The molecule has 3 aromatic carbocycles. The van der Waals surface area contributed by atoms with Gasteiger partial charge in [0.25, 0.3) is 5.91 Å². The average molecular weight is 465 g/mol. The molecule has 0 fully saturated rings. The maximum Gasteiger partial charge on any atom is 0.253 e. The number of rotatable bonds is 7. The van der Waals surface area contributed by atoms with Crippen molar-refractivity contribution in [2.75, 3.05) is 18.4 Å². The Morgan fingerprint density at radius 1 is 0.800 bits per heavy atom. The zero-order valence-electron chi connectivity index (χ0n) is 19.4. The van der Waals surface area contributed by atoms with Crippen LogP contribution in [0.1, 0.15) is 33.2 Å². The monoisotopic (exact) mass is 464 g/mol. The van der Waals surface area contributed by atoms with Gasteiger partial charge in [0.15, 0.2) is 0 Å². The van der Waals surface area contributed by atoms with E-state index in [1.54, 1.807) is 18.2 Å². The molecule has 2 N–H and O–H groups in total. The van der Waals surface area contributed by atoms with Gasteiger partial charge in [0.05, 0.1) is 23.8 Å². The highest BCUT2D eigenvalue weighted by Gasteiger charge is 2.30. The zero-order valence-corrected chi connectivity index (χ0v) is 19.4. The highest BCUT2D eigenvalue weighted by molar-refractivity contribution is 6.04.